The second-order valence-electron chi connectivity index (χ2n) is 4.56. The molecular formula is C14H18N2. The molecule has 0 aliphatic carbocycles. The Labute approximate surface area is 97.5 Å². The minimum absolute atomic E-state index is 0.596. The van der Waals surface area contributed by atoms with Crippen LogP contribution < -0.4 is 4.90 Å². The van der Waals surface area contributed by atoms with Crippen molar-refractivity contribution in [2.45, 2.75) is 45.2 Å². The number of nitriles is 1. The van der Waals surface area contributed by atoms with Gasteiger partial charge in [-0.2, -0.15) is 5.26 Å². The van der Waals surface area contributed by atoms with Crippen molar-refractivity contribution in [2.24, 2.45) is 0 Å². The van der Waals surface area contributed by atoms with Gasteiger partial charge in [0.15, 0.2) is 0 Å². The highest BCUT2D eigenvalue weighted by Crippen LogP contribution is 2.32. The Morgan fingerprint density at radius 2 is 2.25 bits per heavy atom. The van der Waals surface area contributed by atoms with Gasteiger partial charge in [0.2, 0.25) is 0 Å². The van der Waals surface area contributed by atoms with Gasteiger partial charge in [-0.1, -0.05) is 13.0 Å². The average molecular weight is 214 g/mol. The number of rotatable bonds is 2. The van der Waals surface area contributed by atoms with Crippen LogP contribution in [-0.2, 0) is 0 Å². The lowest BCUT2D eigenvalue weighted by atomic mass is 10.1. The maximum Gasteiger partial charge on any atom is 0.0992 e. The summed E-state index contributed by atoms with van der Waals surface area (Å²) in [6.45, 7) is 4.51. The SMILES string of the molecule is CCC1CCC(C)N1c1cccc(C#N)c1. The van der Waals surface area contributed by atoms with E-state index in [4.69, 9.17) is 5.26 Å². The molecule has 1 aromatic rings. The highest BCUT2D eigenvalue weighted by molar-refractivity contribution is 5.53. The van der Waals surface area contributed by atoms with Crippen LogP contribution in [0.25, 0.3) is 0 Å². The van der Waals surface area contributed by atoms with Crippen molar-refractivity contribution < 1.29 is 0 Å². The predicted octanol–water partition coefficient (Wildman–Crippen LogP) is 3.33. The van der Waals surface area contributed by atoms with Gasteiger partial charge in [0, 0.05) is 17.8 Å². The van der Waals surface area contributed by atoms with Crippen molar-refractivity contribution in [2.75, 3.05) is 4.90 Å². The molecule has 2 rings (SSSR count). The van der Waals surface area contributed by atoms with Gasteiger partial charge in [0.1, 0.15) is 0 Å². The molecule has 0 saturated carbocycles. The number of hydrogen-bond acceptors (Lipinski definition) is 2. The highest BCUT2D eigenvalue weighted by atomic mass is 15.2. The van der Waals surface area contributed by atoms with Gasteiger partial charge >= 0.3 is 0 Å². The third-order valence-corrected chi connectivity index (χ3v) is 3.53. The maximum atomic E-state index is 8.93. The minimum Gasteiger partial charge on any atom is -0.366 e. The minimum atomic E-state index is 0.596. The van der Waals surface area contributed by atoms with Crippen LogP contribution in [0.5, 0.6) is 0 Å². The lowest BCUT2D eigenvalue weighted by Crippen LogP contribution is -2.34. The molecule has 0 spiro atoms. The molecule has 1 aromatic carbocycles. The van der Waals surface area contributed by atoms with Crippen molar-refractivity contribution in [1.82, 2.24) is 0 Å². The van der Waals surface area contributed by atoms with E-state index in [1.165, 1.54) is 24.9 Å². The van der Waals surface area contributed by atoms with Crippen LogP contribution in [0.1, 0.15) is 38.7 Å². The topological polar surface area (TPSA) is 27.0 Å². The maximum absolute atomic E-state index is 8.93. The summed E-state index contributed by atoms with van der Waals surface area (Å²) < 4.78 is 0. The second kappa shape index (κ2) is 4.57. The monoisotopic (exact) mass is 214 g/mol. The molecular weight excluding hydrogens is 196 g/mol. The molecule has 1 aliphatic heterocycles. The molecule has 0 radical (unpaired) electrons. The van der Waals surface area contributed by atoms with Gasteiger partial charge in [-0.05, 0) is 44.4 Å². The Bertz CT molecular complexity index is 405. The van der Waals surface area contributed by atoms with Crippen LogP contribution in [-0.4, -0.2) is 12.1 Å². The Hall–Kier alpha value is -1.49. The summed E-state index contributed by atoms with van der Waals surface area (Å²) >= 11 is 0. The molecule has 84 valence electrons. The standard InChI is InChI=1S/C14H18N2/c1-3-13-8-7-11(2)16(13)14-6-4-5-12(9-14)10-15/h4-6,9,11,13H,3,7-8H2,1-2H3. The van der Waals surface area contributed by atoms with Crippen LogP contribution >= 0.6 is 0 Å². The third-order valence-electron chi connectivity index (χ3n) is 3.53. The fourth-order valence-corrected chi connectivity index (χ4v) is 2.67. The fourth-order valence-electron chi connectivity index (χ4n) is 2.67. The summed E-state index contributed by atoms with van der Waals surface area (Å²) in [4.78, 5) is 2.47. The average Bonchev–Trinajstić information content (AvgIpc) is 2.70. The largest absolute Gasteiger partial charge is 0.366 e. The molecule has 2 heteroatoms. The smallest absolute Gasteiger partial charge is 0.0992 e. The molecule has 16 heavy (non-hydrogen) atoms. The number of anilines is 1. The summed E-state index contributed by atoms with van der Waals surface area (Å²) in [5, 5.41) is 8.93. The van der Waals surface area contributed by atoms with E-state index >= 15 is 0 Å². The van der Waals surface area contributed by atoms with Gasteiger partial charge in [0.05, 0.1) is 11.6 Å². The Morgan fingerprint density at radius 1 is 1.44 bits per heavy atom. The van der Waals surface area contributed by atoms with Crippen molar-refractivity contribution >= 4 is 5.69 Å². The first kappa shape index (κ1) is 11.0. The first-order valence-electron chi connectivity index (χ1n) is 6.04. The van der Waals surface area contributed by atoms with Crippen molar-refractivity contribution in [3.05, 3.63) is 29.8 Å². The zero-order valence-electron chi connectivity index (χ0n) is 9.98. The van der Waals surface area contributed by atoms with Crippen molar-refractivity contribution in [3.8, 4) is 6.07 Å². The van der Waals surface area contributed by atoms with Crippen molar-refractivity contribution in [1.29, 1.82) is 5.26 Å². The predicted molar refractivity (Wildman–Crippen MR) is 66.4 cm³/mol. The summed E-state index contributed by atoms with van der Waals surface area (Å²) in [7, 11) is 0. The third kappa shape index (κ3) is 1.90. The quantitative estimate of drug-likeness (QED) is 0.755. The van der Waals surface area contributed by atoms with Crippen LogP contribution in [0.4, 0.5) is 5.69 Å². The molecule has 2 unspecified atom stereocenters. The molecule has 1 saturated heterocycles. The van der Waals surface area contributed by atoms with E-state index in [2.05, 4.69) is 30.9 Å². The molecule has 1 fully saturated rings. The zero-order chi connectivity index (χ0) is 11.5. The van der Waals surface area contributed by atoms with E-state index in [0.29, 0.717) is 12.1 Å². The first-order chi connectivity index (χ1) is 7.76. The molecule has 0 bridgehead atoms. The number of nitrogens with zero attached hydrogens (tertiary/aromatic N) is 2. The molecule has 0 aromatic heterocycles. The molecule has 2 atom stereocenters. The highest BCUT2D eigenvalue weighted by Gasteiger charge is 2.29. The fraction of sp³-hybridized carbons (Fsp3) is 0.500. The van der Waals surface area contributed by atoms with Crippen LogP contribution in [0.15, 0.2) is 24.3 Å². The van der Waals surface area contributed by atoms with E-state index in [9.17, 15) is 0 Å². The van der Waals surface area contributed by atoms with Gasteiger partial charge in [-0.15, -0.1) is 0 Å². The van der Waals surface area contributed by atoms with Crippen LogP contribution in [0, 0.1) is 11.3 Å². The summed E-state index contributed by atoms with van der Waals surface area (Å²) in [6, 6.07) is 11.4. The van der Waals surface area contributed by atoms with E-state index in [1.54, 1.807) is 0 Å². The van der Waals surface area contributed by atoms with E-state index in [1.807, 2.05) is 18.2 Å². The Kier molecular flexibility index (Phi) is 3.14. The molecule has 2 nitrogen and oxygen atoms in total. The van der Waals surface area contributed by atoms with Crippen LogP contribution in [0.2, 0.25) is 0 Å². The molecule has 0 N–H and O–H groups in total. The summed E-state index contributed by atoms with van der Waals surface area (Å²) in [6.07, 6.45) is 3.71. The van der Waals surface area contributed by atoms with Gasteiger partial charge < -0.3 is 4.90 Å². The van der Waals surface area contributed by atoms with Gasteiger partial charge in [-0.25, -0.2) is 0 Å². The lowest BCUT2D eigenvalue weighted by Gasteiger charge is -2.30. The van der Waals surface area contributed by atoms with Gasteiger partial charge in [0.25, 0.3) is 0 Å². The van der Waals surface area contributed by atoms with Crippen LogP contribution in [0.3, 0.4) is 0 Å². The lowest BCUT2D eigenvalue weighted by molar-refractivity contribution is 0.628. The zero-order valence-corrected chi connectivity index (χ0v) is 9.98. The van der Waals surface area contributed by atoms with Crippen molar-refractivity contribution in [3.63, 3.8) is 0 Å². The number of hydrogen-bond donors (Lipinski definition) is 0. The van der Waals surface area contributed by atoms with Gasteiger partial charge in [-0.3, -0.25) is 0 Å². The molecule has 1 heterocycles. The summed E-state index contributed by atoms with van der Waals surface area (Å²) in [5.41, 5.74) is 1.96. The Balaban J connectivity index is 2.31. The Morgan fingerprint density at radius 3 is 2.94 bits per heavy atom. The molecule has 0 amide bonds. The molecule has 1 aliphatic rings. The van der Waals surface area contributed by atoms with E-state index < -0.39 is 0 Å². The first-order valence-corrected chi connectivity index (χ1v) is 6.04. The van der Waals surface area contributed by atoms with E-state index in [-0.39, 0.29) is 0 Å². The number of benzene rings is 1. The second-order valence-corrected chi connectivity index (χ2v) is 4.56. The van der Waals surface area contributed by atoms with E-state index in [0.717, 1.165) is 5.56 Å². The normalized spacial score (nSPS) is 24.4. The summed E-state index contributed by atoms with van der Waals surface area (Å²) in [5.74, 6) is 0.